The van der Waals surface area contributed by atoms with Gasteiger partial charge in [0.2, 0.25) is 0 Å². The predicted molar refractivity (Wildman–Crippen MR) is 101 cm³/mol. The molecule has 0 heterocycles. The molecular weight excluding hydrogens is 328 g/mol. The highest BCUT2D eigenvalue weighted by Crippen LogP contribution is 2.23. The summed E-state index contributed by atoms with van der Waals surface area (Å²) in [5, 5.41) is 25.4. The zero-order chi connectivity index (χ0) is 18.4. The van der Waals surface area contributed by atoms with E-state index in [0.717, 1.165) is 11.3 Å². The fraction of sp³-hybridized carbons (Fsp3) is 0.0952. The summed E-state index contributed by atoms with van der Waals surface area (Å²) in [6.07, 6.45) is 0. The molecular formula is C21H20N2O3. The lowest BCUT2D eigenvalue weighted by molar-refractivity contribution is 0.0951. The summed E-state index contributed by atoms with van der Waals surface area (Å²) in [7, 11) is 0. The molecule has 3 aromatic carbocycles. The van der Waals surface area contributed by atoms with Crippen molar-refractivity contribution in [2.24, 2.45) is 0 Å². The third-order valence-corrected chi connectivity index (χ3v) is 3.97. The summed E-state index contributed by atoms with van der Waals surface area (Å²) in [5.41, 5.74) is 2.91. The molecule has 0 saturated carbocycles. The fourth-order valence-electron chi connectivity index (χ4n) is 2.56. The number of hydrogen-bond acceptors (Lipinski definition) is 4. The van der Waals surface area contributed by atoms with E-state index in [4.69, 9.17) is 0 Å². The zero-order valence-electron chi connectivity index (χ0n) is 14.1. The molecule has 1 amide bonds. The minimum atomic E-state index is -0.155. The molecule has 0 aliphatic heterocycles. The summed E-state index contributed by atoms with van der Waals surface area (Å²) < 4.78 is 0. The van der Waals surface area contributed by atoms with Crippen molar-refractivity contribution in [3.8, 4) is 11.5 Å². The van der Waals surface area contributed by atoms with Crippen molar-refractivity contribution in [1.29, 1.82) is 0 Å². The first kappa shape index (κ1) is 17.4. The van der Waals surface area contributed by atoms with Gasteiger partial charge in [0.05, 0.1) is 0 Å². The SMILES string of the molecule is O=C(NCc1ccccc1)c1cccc(NCc2cc(O)ccc2O)c1. The van der Waals surface area contributed by atoms with Gasteiger partial charge in [0, 0.05) is 29.9 Å². The first-order chi connectivity index (χ1) is 12.6. The predicted octanol–water partition coefficient (Wildman–Crippen LogP) is 3.64. The Bertz CT molecular complexity index is 895. The Labute approximate surface area is 151 Å². The first-order valence-corrected chi connectivity index (χ1v) is 8.29. The number of carbonyl (C=O) groups is 1. The van der Waals surface area contributed by atoms with E-state index < -0.39 is 0 Å². The zero-order valence-corrected chi connectivity index (χ0v) is 14.1. The molecule has 0 spiro atoms. The van der Waals surface area contributed by atoms with Crippen molar-refractivity contribution in [3.05, 3.63) is 89.5 Å². The van der Waals surface area contributed by atoms with Crippen LogP contribution in [0.1, 0.15) is 21.5 Å². The van der Waals surface area contributed by atoms with Crippen LogP contribution >= 0.6 is 0 Å². The van der Waals surface area contributed by atoms with Crippen LogP contribution in [0.5, 0.6) is 11.5 Å². The van der Waals surface area contributed by atoms with E-state index in [1.165, 1.54) is 18.2 Å². The molecule has 0 radical (unpaired) electrons. The second kappa shape index (κ2) is 8.07. The monoisotopic (exact) mass is 348 g/mol. The normalized spacial score (nSPS) is 10.3. The molecule has 0 aliphatic rings. The second-order valence-corrected chi connectivity index (χ2v) is 5.92. The number of rotatable bonds is 6. The highest BCUT2D eigenvalue weighted by atomic mass is 16.3. The lowest BCUT2D eigenvalue weighted by Crippen LogP contribution is -2.22. The number of amides is 1. The minimum absolute atomic E-state index is 0.0913. The van der Waals surface area contributed by atoms with Crippen molar-refractivity contribution in [3.63, 3.8) is 0 Å². The maximum atomic E-state index is 12.3. The van der Waals surface area contributed by atoms with Crippen LogP contribution in [0.15, 0.2) is 72.8 Å². The summed E-state index contributed by atoms with van der Waals surface area (Å²) in [4.78, 5) is 12.3. The van der Waals surface area contributed by atoms with Crippen molar-refractivity contribution < 1.29 is 15.0 Å². The van der Waals surface area contributed by atoms with Gasteiger partial charge in [-0.2, -0.15) is 0 Å². The topological polar surface area (TPSA) is 81.6 Å². The Morgan fingerprint density at radius 2 is 1.65 bits per heavy atom. The molecule has 3 rings (SSSR count). The van der Waals surface area contributed by atoms with Crippen molar-refractivity contribution >= 4 is 11.6 Å². The Morgan fingerprint density at radius 3 is 2.46 bits per heavy atom. The molecule has 0 atom stereocenters. The molecule has 0 aromatic heterocycles. The number of anilines is 1. The van der Waals surface area contributed by atoms with E-state index in [1.54, 1.807) is 18.2 Å². The smallest absolute Gasteiger partial charge is 0.251 e. The van der Waals surface area contributed by atoms with Crippen LogP contribution in [0, 0.1) is 0 Å². The van der Waals surface area contributed by atoms with Crippen LogP contribution in [0.4, 0.5) is 5.69 Å². The summed E-state index contributed by atoms with van der Waals surface area (Å²) in [5.74, 6) is 0.0402. The fourth-order valence-corrected chi connectivity index (χ4v) is 2.56. The summed E-state index contributed by atoms with van der Waals surface area (Å²) in [6.45, 7) is 0.795. The summed E-state index contributed by atoms with van der Waals surface area (Å²) >= 11 is 0. The Morgan fingerprint density at radius 1 is 0.846 bits per heavy atom. The van der Waals surface area contributed by atoms with Gasteiger partial charge in [-0.3, -0.25) is 4.79 Å². The number of carbonyl (C=O) groups excluding carboxylic acids is 1. The van der Waals surface area contributed by atoms with Crippen LogP contribution in [0.2, 0.25) is 0 Å². The molecule has 132 valence electrons. The lowest BCUT2D eigenvalue weighted by Gasteiger charge is -2.10. The van der Waals surface area contributed by atoms with Crippen LogP contribution in [-0.4, -0.2) is 16.1 Å². The van der Waals surface area contributed by atoms with Gasteiger partial charge < -0.3 is 20.8 Å². The first-order valence-electron chi connectivity index (χ1n) is 8.29. The average molecular weight is 348 g/mol. The highest BCUT2D eigenvalue weighted by Gasteiger charge is 2.07. The molecule has 0 unspecified atom stereocenters. The van der Waals surface area contributed by atoms with Gasteiger partial charge in [-0.25, -0.2) is 0 Å². The van der Waals surface area contributed by atoms with Crippen LogP contribution in [-0.2, 0) is 13.1 Å². The number of hydrogen-bond donors (Lipinski definition) is 4. The number of phenols is 2. The van der Waals surface area contributed by atoms with E-state index >= 15 is 0 Å². The molecule has 26 heavy (non-hydrogen) atoms. The van der Waals surface area contributed by atoms with E-state index in [1.807, 2.05) is 36.4 Å². The van der Waals surface area contributed by atoms with E-state index in [-0.39, 0.29) is 17.4 Å². The molecule has 4 N–H and O–H groups in total. The van der Waals surface area contributed by atoms with E-state index in [2.05, 4.69) is 10.6 Å². The third kappa shape index (κ3) is 4.54. The molecule has 0 bridgehead atoms. The number of aromatic hydroxyl groups is 2. The van der Waals surface area contributed by atoms with Gasteiger partial charge in [0.15, 0.2) is 0 Å². The Kier molecular flexibility index (Phi) is 5.39. The van der Waals surface area contributed by atoms with Gasteiger partial charge >= 0.3 is 0 Å². The van der Waals surface area contributed by atoms with Gasteiger partial charge in [-0.05, 0) is 42.0 Å². The Balaban J connectivity index is 1.62. The van der Waals surface area contributed by atoms with Gasteiger partial charge in [0.1, 0.15) is 11.5 Å². The second-order valence-electron chi connectivity index (χ2n) is 5.92. The van der Waals surface area contributed by atoms with Gasteiger partial charge in [-0.1, -0.05) is 36.4 Å². The molecule has 3 aromatic rings. The van der Waals surface area contributed by atoms with Crippen molar-refractivity contribution in [2.75, 3.05) is 5.32 Å². The average Bonchev–Trinajstić information content (AvgIpc) is 2.68. The van der Waals surface area contributed by atoms with Gasteiger partial charge in [0.25, 0.3) is 5.91 Å². The third-order valence-electron chi connectivity index (χ3n) is 3.97. The maximum absolute atomic E-state index is 12.3. The minimum Gasteiger partial charge on any atom is -0.508 e. The van der Waals surface area contributed by atoms with E-state index in [9.17, 15) is 15.0 Å². The molecule has 0 aliphatic carbocycles. The van der Waals surface area contributed by atoms with Crippen LogP contribution in [0.3, 0.4) is 0 Å². The number of benzene rings is 3. The van der Waals surface area contributed by atoms with E-state index in [0.29, 0.717) is 24.2 Å². The largest absolute Gasteiger partial charge is 0.508 e. The van der Waals surface area contributed by atoms with Gasteiger partial charge in [-0.15, -0.1) is 0 Å². The highest BCUT2D eigenvalue weighted by molar-refractivity contribution is 5.95. The standard InChI is InChI=1S/C21H20N2O3/c24-19-9-10-20(25)17(12-19)14-22-18-8-4-7-16(11-18)21(26)23-13-15-5-2-1-3-6-15/h1-12,22,24-25H,13-14H2,(H,23,26). The summed E-state index contributed by atoms with van der Waals surface area (Å²) in [6, 6.07) is 21.2. The molecule has 5 nitrogen and oxygen atoms in total. The Hall–Kier alpha value is -3.47. The maximum Gasteiger partial charge on any atom is 0.251 e. The van der Waals surface area contributed by atoms with Crippen molar-refractivity contribution in [2.45, 2.75) is 13.1 Å². The quantitative estimate of drug-likeness (QED) is 0.513. The lowest BCUT2D eigenvalue weighted by atomic mass is 10.1. The molecule has 0 saturated heterocycles. The number of nitrogens with one attached hydrogen (secondary N) is 2. The van der Waals surface area contributed by atoms with Crippen LogP contribution in [0.25, 0.3) is 0 Å². The number of phenolic OH excluding ortho intramolecular Hbond substituents is 2. The van der Waals surface area contributed by atoms with Crippen molar-refractivity contribution in [1.82, 2.24) is 5.32 Å². The molecule has 5 heteroatoms. The molecule has 0 fully saturated rings. The van der Waals surface area contributed by atoms with Crippen LogP contribution < -0.4 is 10.6 Å².